The molecular weight excluding hydrogens is 398 g/mol. The third-order valence-corrected chi connectivity index (χ3v) is 5.46. The molecule has 0 fully saturated rings. The van der Waals surface area contributed by atoms with Crippen molar-refractivity contribution in [2.45, 2.75) is 52.3 Å². The second kappa shape index (κ2) is 9.06. The molecule has 3 nitrogen and oxygen atoms in total. The van der Waals surface area contributed by atoms with Crippen molar-refractivity contribution in [3.05, 3.63) is 58.9 Å². The summed E-state index contributed by atoms with van der Waals surface area (Å²) in [6.45, 7) is 5.21. The lowest BCUT2D eigenvalue weighted by molar-refractivity contribution is -0.140. The van der Waals surface area contributed by atoms with E-state index in [1.54, 1.807) is 12.1 Å². The number of halogens is 4. The minimum absolute atomic E-state index is 0.0156. The van der Waals surface area contributed by atoms with Crippen LogP contribution in [0.25, 0.3) is 0 Å². The predicted octanol–water partition coefficient (Wildman–Crippen LogP) is 6.35. The number of carbonyl (C=O) groups excluding carboxylic acids is 1. The van der Waals surface area contributed by atoms with Crippen LogP contribution < -0.4 is 4.74 Å². The van der Waals surface area contributed by atoms with Crippen molar-refractivity contribution in [2.75, 3.05) is 6.54 Å². The zero-order valence-electron chi connectivity index (χ0n) is 17.1. The Balaban J connectivity index is 1.75. The van der Waals surface area contributed by atoms with E-state index in [0.29, 0.717) is 24.9 Å². The molecule has 1 unspecified atom stereocenters. The monoisotopic (exact) mass is 423 g/mol. The summed E-state index contributed by atoms with van der Waals surface area (Å²) in [5, 5.41) is 0. The van der Waals surface area contributed by atoms with Gasteiger partial charge in [-0.05, 0) is 54.7 Å². The van der Waals surface area contributed by atoms with Crippen LogP contribution >= 0.6 is 0 Å². The maximum absolute atomic E-state index is 13.8. The highest BCUT2D eigenvalue weighted by molar-refractivity contribution is 5.79. The Labute approximate surface area is 173 Å². The number of benzene rings is 2. The summed E-state index contributed by atoms with van der Waals surface area (Å²) >= 11 is 0. The van der Waals surface area contributed by atoms with Gasteiger partial charge in [0.25, 0.3) is 0 Å². The molecule has 3 rings (SSSR count). The van der Waals surface area contributed by atoms with Crippen LogP contribution in [0.1, 0.15) is 49.8 Å². The van der Waals surface area contributed by atoms with Gasteiger partial charge in [-0.15, -0.1) is 0 Å². The van der Waals surface area contributed by atoms with Crippen LogP contribution in [0, 0.1) is 11.7 Å². The fourth-order valence-electron chi connectivity index (χ4n) is 3.82. The van der Waals surface area contributed by atoms with E-state index in [0.717, 1.165) is 48.9 Å². The number of carbonyl (C=O) groups is 1. The number of ether oxygens (including phenoxy) is 1. The molecule has 1 heterocycles. The first-order chi connectivity index (χ1) is 14.2. The lowest BCUT2D eigenvalue weighted by Gasteiger charge is -2.32. The van der Waals surface area contributed by atoms with E-state index < -0.39 is 17.6 Å². The quantitative estimate of drug-likeness (QED) is 0.507. The Morgan fingerprint density at radius 2 is 1.80 bits per heavy atom. The summed E-state index contributed by atoms with van der Waals surface area (Å²) in [4.78, 5) is 14.7. The Morgan fingerprint density at radius 3 is 2.43 bits per heavy atom. The Kier molecular flexibility index (Phi) is 6.68. The first kappa shape index (κ1) is 22.1. The summed E-state index contributed by atoms with van der Waals surface area (Å²) in [6, 6.07) is 7.85. The second-order valence-corrected chi connectivity index (χ2v) is 7.58. The van der Waals surface area contributed by atoms with Crippen molar-refractivity contribution in [3.8, 4) is 11.5 Å². The van der Waals surface area contributed by atoms with E-state index in [1.165, 1.54) is 0 Å². The van der Waals surface area contributed by atoms with E-state index in [9.17, 15) is 22.4 Å². The molecule has 7 heteroatoms. The van der Waals surface area contributed by atoms with E-state index in [-0.39, 0.29) is 17.6 Å². The standard InChI is InChI=1S/C23H25F4NO2/c1-3-5-15(4-2)22(29)28-11-10-16-6-7-18(12-17(16)14-28)30-19-8-9-20(21(24)13-19)23(25,26)27/h6-9,12-13,15H,3-5,10-11,14H2,1-2H3. The van der Waals surface area contributed by atoms with Gasteiger partial charge >= 0.3 is 6.18 Å². The molecule has 0 aromatic heterocycles. The van der Waals surface area contributed by atoms with Gasteiger partial charge in [-0.2, -0.15) is 13.2 Å². The molecule has 0 saturated carbocycles. The summed E-state index contributed by atoms with van der Waals surface area (Å²) in [7, 11) is 0. The molecule has 0 N–H and O–H groups in total. The summed E-state index contributed by atoms with van der Waals surface area (Å²) < 4.78 is 57.5. The maximum atomic E-state index is 13.8. The predicted molar refractivity (Wildman–Crippen MR) is 106 cm³/mol. The van der Waals surface area contributed by atoms with Gasteiger partial charge in [0.15, 0.2) is 0 Å². The van der Waals surface area contributed by atoms with Gasteiger partial charge in [0.05, 0.1) is 5.56 Å². The summed E-state index contributed by atoms with van der Waals surface area (Å²) in [6.07, 6.45) is -1.40. The lowest BCUT2D eigenvalue weighted by Crippen LogP contribution is -2.39. The van der Waals surface area contributed by atoms with Gasteiger partial charge in [-0.3, -0.25) is 4.79 Å². The topological polar surface area (TPSA) is 29.5 Å². The van der Waals surface area contributed by atoms with Crippen molar-refractivity contribution < 1.29 is 27.1 Å². The maximum Gasteiger partial charge on any atom is 0.419 e. The van der Waals surface area contributed by atoms with Gasteiger partial charge in [0.1, 0.15) is 17.3 Å². The van der Waals surface area contributed by atoms with Crippen molar-refractivity contribution in [1.82, 2.24) is 4.90 Å². The van der Waals surface area contributed by atoms with Crippen molar-refractivity contribution >= 4 is 5.91 Å². The van der Waals surface area contributed by atoms with Crippen LogP contribution in [0.3, 0.4) is 0 Å². The average Bonchev–Trinajstić information content (AvgIpc) is 2.70. The summed E-state index contributed by atoms with van der Waals surface area (Å²) in [5.74, 6) is -0.829. The molecule has 1 aliphatic rings. The summed E-state index contributed by atoms with van der Waals surface area (Å²) in [5.41, 5.74) is 0.714. The molecule has 0 spiro atoms. The molecule has 0 radical (unpaired) electrons. The smallest absolute Gasteiger partial charge is 0.419 e. The highest BCUT2D eigenvalue weighted by Crippen LogP contribution is 2.34. The van der Waals surface area contributed by atoms with Crippen LogP contribution in [-0.4, -0.2) is 17.4 Å². The molecule has 2 aromatic carbocycles. The first-order valence-corrected chi connectivity index (χ1v) is 10.2. The molecule has 1 aliphatic heterocycles. The normalized spacial score (nSPS) is 14.9. The first-order valence-electron chi connectivity index (χ1n) is 10.2. The number of hydrogen-bond donors (Lipinski definition) is 0. The second-order valence-electron chi connectivity index (χ2n) is 7.58. The molecule has 1 atom stereocenters. The minimum Gasteiger partial charge on any atom is -0.457 e. The van der Waals surface area contributed by atoms with Crippen molar-refractivity contribution in [3.63, 3.8) is 0 Å². The number of alkyl halides is 3. The largest absolute Gasteiger partial charge is 0.457 e. The van der Waals surface area contributed by atoms with Gasteiger partial charge in [-0.1, -0.05) is 26.3 Å². The third-order valence-electron chi connectivity index (χ3n) is 5.46. The fraction of sp³-hybridized carbons (Fsp3) is 0.435. The molecule has 1 amide bonds. The lowest BCUT2D eigenvalue weighted by atomic mass is 9.95. The van der Waals surface area contributed by atoms with Crippen LogP contribution in [0.2, 0.25) is 0 Å². The van der Waals surface area contributed by atoms with Crippen LogP contribution in [0.4, 0.5) is 17.6 Å². The van der Waals surface area contributed by atoms with Crippen molar-refractivity contribution in [1.29, 1.82) is 0 Å². The van der Waals surface area contributed by atoms with E-state index >= 15 is 0 Å². The molecule has 0 aliphatic carbocycles. The highest BCUT2D eigenvalue weighted by Gasteiger charge is 2.34. The third kappa shape index (κ3) is 4.94. The number of hydrogen-bond acceptors (Lipinski definition) is 2. The van der Waals surface area contributed by atoms with Crippen LogP contribution in [0.15, 0.2) is 36.4 Å². The molecule has 0 bridgehead atoms. The number of fused-ring (bicyclic) bond motifs is 1. The highest BCUT2D eigenvalue weighted by atomic mass is 19.4. The van der Waals surface area contributed by atoms with Gasteiger partial charge < -0.3 is 9.64 Å². The molecule has 162 valence electrons. The SMILES string of the molecule is CCCC(CC)C(=O)N1CCc2ccc(Oc3ccc(C(F)(F)F)c(F)c3)cc2C1. The van der Waals surface area contributed by atoms with E-state index in [4.69, 9.17) is 4.74 Å². The zero-order chi connectivity index (χ0) is 21.9. The van der Waals surface area contributed by atoms with Gasteiger partial charge in [0.2, 0.25) is 5.91 Å². The zero-order valence-corrected chi connectivity index (χ0v) is 17.1. The molecule has 0 saturated heterocycles. The molecule has 30 heavy (non-hydrogen) atoms. The number of nitrogens with zero attached hydrogens (tertiary/aromatic N) is 1. The Morgan fingerprint density at radius 1 is 1.10 bits per heavy atom. The van der Waals surface area contributed by atoms with Crippen LogP contribution in [0.5, 0.6) is 11.5 Å². The van der Waals surface area contributed by atoms with Gasteiger partial charge in [0, 0.05) is 25.1 Å². The van der Waals surface area contributed by atoms with Gasteiger partial charge in [-0.25, -0.2) is 4.39 Å². The van der Waals surface area contributed by atoms with Crippen molar-refractivity contribution in [2.24, 2.45) is 5.92 Å². The van der Waals surface area contributed by atoms with Crippen LogP contribution in [-0.2, 0) is 23.9 Å². The van der Waals surface area contributed by atoms with E-state index in [1.807, 2.05) is 17.9 Å². The molecular formula is C23H25F4NO2. The molecule has 2 aromatic rings. The number of rotatable bonds is 6. The fourth-order valence-corrected chi connectivity index (χ4v) is 3.82. The number of amides is 1. The average molecular weight is 423 g/mol. The van der Waals surface area contributed by atoms with E-state index in [2.05, 4.69) is 6.92 Å². The Bertz CT molecular complexity index is 911. The minimum atomic E-state index is -4.75. The Hall–Kier alpha value is -2.57.